The smallest absolute Gasteiger partial charge is 0.323 e. The Morgan fingerprint density at radius 2 is 2.00 bits per heavy atom. The fourth-order valence-electron chi connectivity index (χ4n) is 1.15. The number of rotatable bonds is 2. The first kappa shape index (κ1) is 9.32. The summed E-state index contributed by atoms with van der Waals surface area (Å²) in [4.78, 5) is 18.0. The Morgan fingerprint density at radius 3 is 2.50 bits per heavy atom. The zero-order chi connectivity index (χ0) is 8.97. The molecule has 0 unspecified atom stereocenters. The number of hydroxylamine groups is 1. The van der Waals surface area contributed by atoms with Crippen molar-refractivity contribution in [1.29, 1.82) is 0 Å². The minimum absolute atomic E-state index is 0.0385. The highest BCUT2D eigenvalue weighted by molar-refractivity contribution is 5.73. The van der Waals surface area contributed by atoms with E-state index in [1.165, 1.54) is 0 Å². The molecule has 2 amide bonds. The van der Waals surface area contributed by atoms with Crippen LogP contribution in [0.2, 0.25) is 0 Å². The van der Waals surface area contributed by atoms with E-state index < -0.39 is 0 Å². The van der Waals surface area contributed by atoms with Gasteiger partial charge in [-0.1, -0.05) is 0 Å². The van der Waals surface area contributed by atoms with Crippen molar-refractivity contribution in [2.45, 2.75) is 32.8 Å². The fourth-order valence-corrected chi connectivity index (χ4v) is 1.15. The van der Waals surface area contributed by atoms with Gasteiger partial charge in [-0.05, 0) is 26.7 Å². The van der Waals surface area contributed by atoms with Gasteiger partial charge in [-0.25, -0.2) is 10.3 Å². The molecule has 0 aliphatic carbocycles. The second-order valence-corrected chi connectivity index (χ2v) is 3.27. The van der Waals surface area contributed by atoms with Crippen LogP contribution in [-0.2, 0) is 4.84 Å². The minimum Gasteiger partial charge on any atom is -0.323 e. The van der Waals surface area contributed by atoms with Gasteiger partial charge in [0.25, 0.3) is 0 Å². The normalized spacial score (nSPS) is 17.1. The summed E-state index contributed by atoms with van der Waals surface area (Å²) in [6.07, 6.45) is 2.25. The summed E-state index contributed by atoms with van der Waals surface area (Å²) in [6, 6.07) is -0.110. The Morgan fingerprint density at radius 1 is 1.42 bits per heavy atom. The number of hydrogen-bond acceptors (Lipinski definition) is 2. The second kappa shape index (κ2) is 4.30. The maximum Gasteiger partial charge on any atom is 0.341 e. The standard InChI is InChI=1S/C8H16N2O2/c1-7(2)12-9-8(11)10-5-3-4-6-10/h7H,3-6H2,1-2H3,(H,9,11). The van der Waals surface area contributed by atoms with Gasteiger partial charge in [-0.2, -0.15) is 0 Å². The first-order valence-corrected chi connectivity index (χ1v) is 4.40. The molecule has 1 heterocycles. The molecule has 0 bridgehead atoms. The lowest BCUT2D eigenvalue weighted by atomic mass is 10.4. The molecule has 0 aromatic carbocycles. The first-order valence-electron chi connectivity index (χ1n) is 4.40. The molecule has 12 heavy (non-hydrogen) atoms. The number of amides is 2. The summed E-state index contributed by atoms with van der Waals surface area (Å²) in [5, 5.41) is 0. The summed E-state index contributed by atoms with van der Waals surface area (Å²) in [7, 11) is 0. The van der Waals surface area contributed by atoms with Gasteiger partial charge in [0, 0.05) is 13.1 Å². The third kappa shape index (κ3) is 2.70. The first-order chi connectivity index (χ1) is 5.70. The zero-order valence-corrected chi connectivity index (χ0v) is 7.67. The van der Waals surface area contributed by atoms with E-state index in [-0.39, 0.29) is 12.1 Å². The summed E-state index contributed by atoms with van der Waals surface area (Å²) >= 11 is 0. The van der Waals surface area contributed by atoms with Gasteiger partial charge in [0.05, 0.1) is 6.10 Å². The molecule has 1 aliphatic rings. The molecule has 0 spiro atoms. The van der Waals surface area contributed by atoms with Crippen LogP contribution in [0, 0.1) is 0 Å². The van der Waals surface area contributed by atoms with Gasteiger partial charge in [0.2, 0.25) is 0 Å². The number of likely N-dealkylation sites (tertiary alicyclic amines) is 1. The molecule has 1 saturated heterocycles. The average Bonchev–Trinajstić information content (AvgIpc) is 2.51. The highest BCUT2D eigenvalue weighted by Crippen LogP contribution is 2.06. The van der Waals surface area contributed by atoms with E-state index in [2.05, 4.69) is 5.48 Å². The van der Waals surface area contributed by atoms with Gasteiger partial charge in [0.15, 0.2) is 0 Å². The number of carbonyl (C=O) groups excluding carboxylic acids is 1. The van der Waals surface area contributed by atoms with Crippen molar-refractivity contribution in [3.05, 3.63) is 0 Å². The molecule has 1 fully saturated rings. The van der Waals surface area contributed by atoms with Crippen molar-refractivity contribution >= 4 is 6.03 Å². The van der Waals surface area contributed by atoms with Crippen LogP contribution in [0.1, 0.15) is 26.7 Å². The quantitative estimate of drug-likeness (QED) is 0.634. The van der Waals surface area contributed by atoms with E-state index >= 15 is 0 Å². The topological polar surface area (TPSA) is 41.6 Å². The molecule has 4 heteroatoms. The van der Waals surface area contributed by atoms with Crippen molar-refractivity contribution in [3.8, 4) is 0 Å². The maximum absolute atomic E-state index is 11.2. The number of nitrogens with zero attached hydrogens (tertiary/aromatic N) is 1. The van der Waals surface area contributed by atoms with Gasteiger partial charge in [0.1, 0.15) is 0 Å². The zero-order valence-electron chi connectivity index (χ0n) is 7.67. The predicted octanol–water partition coefficient (Wildman–Crippen LogP) is 1.13. The van der Waals surface area contributed by atoms with E-state index in [4.69, 9.17) is 4.84 Å². The van der Waals surface area contributed by atoms with Crippen LogP contribution in [0.25, 0.3) is 0 Å². The summed E-state index contributed by atoms with van der Waals surface area (Å²) < 4.78 is 0. The van der Waals surface area contributed by atoms with Gasteiger partial charge in [-0.3, -0.25) is 4.84 Å². The van der Waals surface area contributed by atoms with Crippen LogP contribution < -0.4 is 5.48 Å². The average molecular weight is 172 g/mol. The molecule has 70 valence electrons. The van der Waals surface area contributed by atoms with Crippen LogP contribution in [0.15, 0.2) is 0 Å². The van der Waals surface area contributed by atoms with Gasteiger partial charge < -0.3 is 4.90 Å². The van der Waals surface area contributed by atoms with Crippen molar-refractivity contribution in [3.63, 3.8) is 0 Å². The lowest BCUT2D eigenvalue weighted by Crippen LogP contribution is -2.39. The van der Waals surface area contributed by atoms with E-state index in [1.54, 1.807) is 4.90 Å². The van der Waals surface area contributed by atoms with Crippen LogP contribution in [-0.4, -0.2) is 30.1 Å². The number of carbonyl (C=O) groups is 1. The summed E-state index contributed by atoms with van der Waals surface area (Å²) in [5.41, 5.74) is 2.41. The lowest BCUT2D eigenvalue weighted by molar-refractivity contribution is 0.00838. The second-order valence-electron chi connectivity index (χ2n) is 3.27. The number of hydrogen-bond donors (Lipinski definition) is 1. The number of nitrogens with one attached hydrogen (secondary N) is 1. The Bertz CT molecular complexity index is 153. The van der Waals surface area contributed by atoms with E-state index in [0.29, 0.717) is 0 Å². The van der Waals surface area contributed by atoms with Gasteiger partial charge in [-0.15, -0.1) is 0 Å². The van der Waals surface area contributed by atoms with Crippen LogP contribution in [0.5, 0.6) is 0 Å². The van der Waals surface area contributed by atoms with Crippen LogP contribution >= 0.6 is 0 Å². The van der Waals surface area contributed by atoms with Crippen molar-refractivity contribution in [1.82, 2.24) is 10.4 Å². The molecule has 1 N–H and O–H groups in total. The molecule has 4 nitrogen and oxygen atoms in total. The highest BCUT2D eigenvalue weighted by Gasteiger charge is 2.17. The van der Waals surface area contributed by atoms with Gasteiger partial charge >= 0.3 is 6.03 Å². The molecular formula is C8H16N2O2. The Hall–Kier alpha value is -0.770. The molecule has 0 aromatic heterocycles. The Labute approximate surface area is 72.8 Å². The lowest BCUT2D eigenvalue weighted by Gasteiger charge is -2.16. The number of urea groups is 1. The third-order valence-corrected chi connectivity index (χ3v) is 1.78. The van der Waals surface area contributed by atoms with E-state index in [9.17, 15) is 4.79 Å². The maximum atomic E-state index is 11.2. The highest BCUT2D eigenvalue weighted by atomic mass is 16.7. The SMILES string of the molecule is CC(C)ONC(=O)N1CCCC1. The minimum atomic E-state index is -0.110. The van der Waals surface area contributed by atoms with E-state index in [0.717, 1.165) is 25.9 Å². The van der Waals surface area contributed by atoms with Crippen LogP contribution in [0.3, 0.4) is 0 Å². The van der Waals surface area contributed by atoms with Crippen molar-refractivity contribution in [2.75, 3.05) is 13.1 Å². The Kier molecular flexibility index (Phi) is 3.34. The fraction of sp³-hybridized carbons (Fsp3) is 0.875. The predicted molar refractivity (Wildman–Crippen MR) is 45.6 cm³/mol. The monoisotopic (exact) mass is 172 g/mol. The third-order valence-electron chi connectivity index (χ3n) is 1.78. The molecular weight excluding hydrogens is 156 g/mol. The van der Waals surface area contributed by atoms with Crippen LogP contribution in [0.4, 0.5) is 4.79 Å². The molecule has 0 aromatic rings. The van der Waals surface area contributed by atoms with Crippen molar-refractivity contribution in [2.24, 2.45) is 0 Å². The Balaban J connectivity index is 2.18. The molecule has 1 rings (SSSR count). The largest absolute Gasteiger partial charge is 0.341 e. The molecule has 0 atom stereocenters. The van der Waals surface area contributed by atoms with E-state index in [1.807, 2.05) is 13.8 Å². The van der Waals surface area contributed by atoms with Crippen molar-refractivity contribution < 1.29 is 9.63 Å². The summed E-state index contributed by atoms with van der Waals surface area (Å²) in [5.74, 6) is 0. The summed E-state index contributed by atoms with van der Waals surface area (Å²) in [6.45, 7) is 5.47. The molecule has 1 aliphatic heterocycles. The molecule has 0 saturated carbocycles. The molecule has 0 radical (unpaired) electrons.